The molecule has 0 unspecified atom stereocenters. The Morgan fingerprint density at radius 1 is 0.741 bits per heavy atom. The molecule has 2 N–H and O–H groups in total. The van der Waals surface area contributed by atoms with Crippen molar-refractivity contribution in [3.63, 3.8) is 0 Å². The van der Waals surface area contributed by atoms with E-state index in [1.54, 1.807) is 0 Å². The first-order valence-corrected chi connectivity index (χ1v) is 10.6. The minimum atomic E-state index is -3.61. The van der Waals surface area contributed by atoms with Gasteiger partial charge in [-0.25, -0.2) is 8.42 Å². The van der Waals surface area contributed by atoms with Crippen LogP contribution in [0.2, 0.25) is 0 Å². The van der Waals surface area contributed by atoms with Crippen LogP contribution in [0.3, 0.4) is 0 Å². The highest BCUT2D eigenvalue weighted by Crippen LogP contribution is 2.23. The second kappa shape index (κ2) is 8.95. The molecule has 146 valence electrons. The van der Waals surface area contributed by atoms with Crippen LogP contribution >= 0.6 is 0 Å². The van der Waals surface area contributed by atoms with Crippen molar-refractivity contribution in [2.45, 2.75) is 37.6 Å². The van der Waals surface area contributed by atoms with Crippen LogP contribution in [0.4, 0.5) is 0 Å². The number of aliphatic hydroxyl groups is 2. The molecule has 2 aromatic carbocycles. The first-order chi connectivity index (χ1) is 12.9. The van der Waals surface area contributed by atoms with Crippen molar-refractivity contribution in [1.82, 2.24) is 0 Å². The molecular formula is C20H24O6S. The average Bonchev–Trinajstić information content (AvgIpc) is 2.72. The molecule has 0 amide bonds. The zero-order valence-corrected chi connectivity index (χ0v) is 15.7. The van der Waals surface area contributed by atoms with Gasteiger partial charge in [-0.15, -0.1) is 0 Å². The van der Waals surface area contributed by atoms with Crippen LogP contribution in [0.1, 0.15) is 11.1 Å². The Morgan fingerprint density at radius 3 is 1.48 bits per heavy atom. The van der Waals surface area contributed by atoms with Gasteiger partial charge in [0.1, 0.15) is 12.2 Å². The van der Waals surface area contributed by atoms with Crippen molar-refractivity contribution >= 4 is 9.84 Å². The summed E-state index contributed by atoms with van der Waals surface area (Å²) in [7, 11) is -3.61. The van der Waals surface area contributed by atoms with Gasteiger partial charge in [0.05, 0.1) is 36.9 Å². The quantitative estimate of drug-likeness (QED) is 0.770. The van der Waals surface area contributed by atoms with Crippen molar-refractivity contribution in [3.05, 3.63) is 71.8 Å². The van der Waals surface area contributed by atoms with Gasteiger partial charge in [-0.1, -0.05) is 60.7 Å². The van der Waals surface area contributed by atoms with Crippen LogP contribution in [-0.2, 0) is 32.5 Å². The minimum absolute atomic E-state index is 0.181. The predicted molar refractivity (Wildman–Crippen MR) is 101 cm³/mol. The molecule has 0 aromatic heterocycles. The van der Waals surface area contributed by atoms with Crippen LogP contribution < -0.4 is 0 Å². The topological polar surface area (TPSA) is 93.1 Å². The summed E-state index contributed by atoms with van der Waals surface area (Å²) in [6.07, 6.45) is -4.48. The highest BCUT2D eigenvalue weighted by Gasteiger charge is 2.42. The van der Waals surface area contributed by atoms with E-state index >= 15 is 0 Å². The van der Waals surface area contributed by atoms with E-state index in [1.807, 2.05) is 60.7 Å². The van der Waals surface area contributed by atoms with Crippen LogP contribution in [-0.4, -0.2) is 54.6 Å². The normalized spacial score (nSPS) is 27.8. The van der Waals surface area contributed by atoms with Gasteiger partial charge in [0.2, 0.25) is 0 Å². The molecule has 0 saturated carbocycles. The van der Waals surface area contributed by atoms with Gasteiger partial charge in [-0.2, -0.15) is 0 Å². The summed E-state index contributed by atoms with van der Waals surface area (Å²) in [5.74, 6) is -0.927. The van der Waals surface area contributed by atoms with Gasteiger partial charge >= 0.3 is 0 Å². The van der Waals surface area contributed by atoms with Crippen LogP contribution in [0.15, 0.2) is 60.7 Å². The van der Waals surface area contributed by atoms with Crippen molar-refractivity contribution in [1.29, 1.82) is 0 Å². The maximum absolute atomic E-state index is 12.1. The average molecular weight is 392 g/mol. The van der Waals surface area contributed by atoms with Gasteiger partial charge in [-0.05, 0) is 11.1 Å². The van der Waals surface area contributed by atoms with E-state index < -0.39 is 45.8 Å². The Morgan fingerprint density at radius 2 is 1.11 bits per heavy atom. The smallest absolute Gasteiger partial charge is 0.155 e. The Balaban J connectivity index is 1.77. The number of ether oxygens (including phenoxy) is 2. The highest BCUT2D eigenvalue weighted by atomic mass is 32.2. The molecule has 2 aromatic rings. The molecule has 0 aliphatic carbocycles. The number of rotatable bonds is 6. The van der Waals surface area contributed by atoms with E-state index in [9.17, 15) is 18.6 Å². The molecule has 1 aliphatic heterocycles. The van der Waals surface area contributed by atoms with Gasteiger partial charge in [-0.3, -0.25) is 0 Å². The fraction of sp³-hybridized carbons (Fsp3) is 0.400. The van der Waals surface area contributed by atoms with E-state index in [0.717, 1.165) is 11.1 Å². The Hall–Kier alpha value is -1.77. The van der Waals surface area contributed by atoms with Crippen molar-refractivity contribution < 1.29 is 28.1 Å². The molecule has 0 radical (unpaired) electrons. The van der Waals surface area contributed by atoms with Gasteiger partial charge in [0.25, 0.3) is 0 Å². The van der Waals surface area contributed by atoms with E-state index in [-0.39, 0.29) is 13.2 Å². The van der Waals surface area contributed by atoms with E-state index in [2.05, 4.69) is 0 Å². The summed E-state index contributed by atoms with van der Waals surface area (Å²) >= 11 is 0. The summed E-state index contributed by atoms with van der Waals surface area (Å²) in [5.41, 5.74) is 1.77. The first-order valence-electron chi connectivity index (χ1n) is 8.82. The summed E-state index contributed by atoms with van der Waals surface area (Å²) in [6, 6.07) is 18.7. The summed E-state index contributed by atoms with van der Waals surface area (Å²) in [5, 5.41) is 20.9. The first kappa shape index (κ1) is 20.0. The summed E-state index contributed by atoms with van der Waals surface area (Å²) < 4.78 is 35.9. The molecule has 1 heterocycles. The fourth-order valence-electron chi connectivity index (χ4n) is 3.16. The lowest BCUT2D eigenvalue weighted by molar-refractivity contribution is -0.155. The third-order valence-corrected chi connectivity index (χ3v) is 6.20. The Labute approximate surface area is 159 Å². The summed E-state index contributed by atoms with van der Waals surface area (Å²) in [4.78, 5) is 0. The molecule has 3 rings (SSSR count). The van der Waals surface area contributed by atoms with Crippen molar-refractivity contribution in [3.8, 4) is 0 Å². The van der Waals surface area contributed by atoms with Crippen molar-refractivity contribution in [2.75, 3.05) is 11.5 Å². The number of hydrogen-bond donors (Lipinski definition) is 2. The van der Waals surface area contributed by atoms with E-state index in [4.69, 9.17) is 9.47 Å². The van der Waals surface area contributed by atoms with Crippen LogP contribution in [0, 0.1) is 0 Å². The van der Waals surface area contributed by atoms with E-state index in [0.29, 0.717) is 0 Å². The molecule has 0 bridgehead atoms. The third kappa shape index (κ3) is 5.60. The molecule has 0 spiro atoms. The zero-order chi connectivity index (χ0) is 19.3. The lowest BCUT2D eigenvalue weighted by Crippen LogP contribution is -2.47. The highest BCUT2D eigenvalue weighted by molar-refractivity contribution is 7.91. The maximum atomic E-state index is 12.1. The molecule has 1 fully saturated rings. The molecule has 4 atom stereocenters. The van der Waals surface area contributed by atoms with Crippen molar-refractivity contribution in [2.24, 2.45) is 0 Å². The largest absolute Gasteiger partial charge is 0.389 e. The molecular weight excluding hydrogens is 368 g/mol. The molecule has 1 saturated heterocycles. The standard InChI is InChI=1S/C20H24O6S/c21-17-13-27(23,24)14-18(22)20(26-12-16-9-5-2-6-10-16)19(17)25-11-15-7-3-1-4-8-15/h1-10,17-22H,11-14H2/t17-,18-,19-,20-/m1/s1. The SMILES string of the molecule is O=S1(=O)C[C@@H](O)[C@@H](OCc2ccccc2)[C@H](OCc2ccccc2)[C@H](O)C1. The number of aliphatic hydroxyl groups excluding tert-OH is 2. The van der Waals surface area contributed by atoms with Gasteiger partial charge in [0.15, 0.2) is 9.84 Å². The lowest BCUT2D eigenvalue weighted by Gasteiger charge is -2.30. The maximum Gasteiger partial charge on any atom is 0.155 e. The second-order valence-electron chi connectivity index (χ2n) is 6.73. The second-order valence-corrected chi connectivity index (χ2v) is 8.89. The lowest BCUT2D eigenvalue weighted by atomic mass is 10.0. The third-order valence-electron chi connectivity index (χ3n) is 4.50. The van der Waals surface area contributed by atoms with E-state index in [1.165, 1.54) is 0 Å². The minimum Gasteiger partial charge on any atom is -0.389 e. The molecule has 6 nitrogen and oxygen atoms in total. The number of benzene rings is 2. The molecule has 1 aliphatic rings. The van der Waals surface area contributed by atoms with Gasteiger partial charge in [0, 0.05) is 0 Å². The Bertz CT molecular complexity index is 745. The van der Waals surface area contributed by atoms with Crippen LogP contribution in [0.5, 0.6) is 0 Å². The monoisotopic (exact) mass is 392 g/mol. The Kier molecular flexibility index (Phi) is 6.62. The molecule has 27 heavy (non-hydrogen) atoms. The predicted octanol–water partition coefficient (Wildman–Crippen LogP) is 1.31. The van der Waals surface area contributed by atoms with Crippen LogP contribution in [0.25, 0.3) is 0 Å². The zero-order valence-electron chi connectivity index (χ0n) is 14.8. The molecule has 7 heteroatoms. The van der Waals surface area contributed by atoms with Gasteiger partial charge < -0.3 is 19.7 Å². The number of sulfone groups is 1. The number of hydrogen-bond acceptors (Lipinski definition) is 6. The summed E-state index contributed by atoms with van der Waals surface area (Å²) in [6.45, 7) is 0.362. The fourth-order valence-corrected chi connectivity index (χ4v) is 4.72.